The van der Waals surface area contributed by atoms with Gasteiger partial charge in [-0.05, 0) is 60.0 Å². The number of hydrogen-bond donors (Lipinski definition) is 1. The van der Waals surface area contributed by atoms with Gasteiger partial charge in [0.1, 0.15) is 5.75 Å². The maximum absolute atomic E-state index is 12.5. The van der Waals surface area contributed by atoms with E-state index in [9.17, 15) is 13.2 Å². The zero-order valence-corrected chi connectivity index (χ0v) is 14.9. The van der Waals surface area contributed by atoms with Crippen molar-refractivity contribution in [3.05, 3.63) is 71.8 Å². The largest absolute Gasteiger partial charge is 0.325 e. The molecule has 3 rings (SSSR count). The number of carbonyl (C=O) groups is 1. The predicted octanol–water partition coefficient (Wildman–Crippen LogP) is 3.87. The molecule has 1 amide bonds. The highest BCUT2D eigenvalue weighted by atomic mass is 32.2. The standard InChI is InChI=1S/C20H19NO3S/c1-14-9-15(2)11-18(10-14)21-20(22)13-25(23,24)19-8-7-16-5-3-4-6-17(16)12-19/h3-12H,13H2,1-2H3,(H,21,22). The lowest BCUT2D eigenvalue weighted by Gasteiger charge is -2.09. The van der Waals surface area contributed by atoms with E-state index in [-0.39, 0.29) is 4.90 Å². The van der Waals surface area contributed by atoms with E-state index < -0.39 is 21.5 Å². The van der Waals surface area contributed by atoms with E-state index in [1.807, 2.05) is 56.3 Å². The minimum atomic E-state index is -3.70. The number of anilines is 1. The Morgan fingerprint density at radius 2 is 1.52 bits per heavy atom. The van der Waals surface area contributed by atoms with Gasteiger partial charge in [0.25, 0.3) is 0 Å². The Morgan fingerprint density at radius 3 is 2.20 bits per heavy atom. The molecule has 0 aliphatic rings. The van der Waals surface area contributed by atoms with Crippen LogP contribution in [0.25, 0.3) is 10.8 Å². The molecule has 0 aliphatic carbocycles. The summed E-state index contributed by atoms with van der Waals surface area (Å²) in [4.78, 5) is 12.4. The first-order chi connectivity index (χ1) is 11.8. The zero-order chi connectivity index (χ0) is 18.0. The first-order valence-corrected chi connectivity index (χ1v) is 9.58. The number of nitrogens with one attached hydrogen (secondary N) is 1. The van der Waals surface area contributed by atoms with Gasteiger partial charge in [-0.1, -0.05) is 36.4 Å². The lowest BCUT2D eigenvalue weighted by Crippen LogP contribution is -2.23. The molecule has 4 nitrogen and oxygen atoms in total. The van der Waals surface area contributed by atoms with Crippen molar-refractivity contribution >= 4 is 32.2 Å². The van der Waals surface area contributed by atoms with Crippen molar-refractivity contribution in [2.75, 3.05) is 11.1 Å². The first kappa shape index (κ1) is 17.2. The fraction of sp³-hybridized carbons (Fsp3) is 0.150. The summed E-state index contributed by atoms with van der Waals surface area (Å²) in [6, 6.07) is 18.0. The van der Waals surface area contributed by atoms with E-state index in [0.29, 0.717) is 5.69 Å². The molecule has 0 fully saturated rings. The fourth-order valence-corrected chi connectivity index (χ4v) is 4.03. The lowest BCUT2D eigenvalue weighted by molar-refractivity contribution is -0.113. The van der Waals surface area contributed by atoms with Crippen LogP contribution in [-0.4, -0.2) is 20.1 Å². The molecule has 0 bridgehead atoms. The van der Waals surface area contributed by atoms with Crippen LogP contribution in [0.4, 0.5) is 5.69 Å². The van der Waals surface area contributed by atoms with Gasteiger partial charge in [-0.3, -0.25) is 4.79 Å². The van der Waals surface area contributed by atoms with Crippen LogP contribution in [0.5, 0.6) is 0 Å². The monoisotopic (exact) mass is 353 g/mol. The molecule has 25 heavy (non-hydrogen) atoms. The third-order valence-corrected chi connectivity index (χ3v) is 5.52. The first-order valence-electron chi connectivity index (χ1n) is 7.93. The highest BCUT2D eigenvalue weighted by Gasteiger charge is 2.20. The smallest absolute Gasteiger partial charge is 0.239 e. The molecule has 3 aromatic carbocycles. The number of benzene rings is 3. The second-order valence-corrected chi connectivity index (χ2v) is 8.18. The van der Waals surface area contributed by atoms with Gasteiger partial charge in [-0.15, -0.1) is 0 Å². The molecule has 3 aromatic rings. The van der Waals surface area contributed by atoms with Crippen LogP contribution in [0.3, 0.4) is 0 Å². The van der Waals surface area contributed by atoms with E-state index in [2.05, 4.69) is 5.32 Å². The summed E-state index contributed by atoms with van der Waals surface area (Å²) in [5.41, 5.74) is 2.62. The Labute approximate surface area is 147 Å². The highest BCUT2D eigenvalue weighted by Crippen LogP contribution is 2.20. The van der Waals surface area contributed by atoms with Crippen LogP contribution in [0.1, 0.15) is 11.1 Å². The molecule has 0 radical (unpaired) electrons. The second kappa shape index (κ2) is 6.69. The molecule has 0 saturated carbocycles. The molecule has 0 heterocycles. The highest BCUT2D eigenvalue weighted by molar-refractivity contribution is 7.92. The van der Waals surface area contributed by atoms with Gasteiger partial charge in [0.05, 0.1) is 4.90 Å². The number of rotatable bonds is 4. The average Bonchev–Trinajstić information content (AvgIpc) is 2.52. The summed E-state index contributed by atoms with van der Waals surface area (Å²) in [5.74, 6) is -1.13. The Balaban J connectivity index is 1.80. The second-order valence-electron chi connectivity index (χ2n) is 6.19. The predicted molar refractivity (Wildman–Crippen MR) is 101 cm³/mol. The molecule has 0 spiro atoms. The summed E-state index contributed by atoms with van der Waals surface area (Å²) in [6.45, 7) is 3.85. The third-order valence-electron chi connectivity index (χ3n) is 3.91. The summed E-state index contributed by atoms with van der Waals surface area (Å²) in [7, 11) is -3.70. The Hall–Kier alpha value is -2.66. The summed E-state index contributed by atoms with van der Waals surface area (Å²) < 4.78 is 25.1. The van der Waals surface area contributed by atoms with Crippen molar-refractivity contribution in [2.45, 2.75) is 18.7 Å². The van der Waals surface area contributed by atoms with Gasteiger partial charge in [-0.2, -0.15) is 0 Å². The van der Waals surface area contributed by atoms with Crippen molar-refractivity contribution in [1.29, 1.82) is 0 Å². The van der Waals surface area contributed by atoms with E-state index in [4.69, 9.17) is 0 Å². The van der Waals surface area contributed by atoms with Crippen molar-refractivity contribution in [2.24, 2.45) is 0 Å². The van der Waals surface area contributed by atoms with Crippen molar-refractivity contribution in [3.63, 3.8) is 0 Å². The number of carbonyl (C=O) groups excluding carboxylic acids is 1. The zero-order valence-electron chi connectivity index (χ0n) is 14.1. The van der Waals surface area contributed by atoms with Gasteiger partial charge in [0, 0.05) is 5.69 Å². The Kier molecular flexibility index (Phi) is 4.59. The maximum Gasteiger partial charge on any atom is 0.239 e. The topological polar surface area (TPSA) is 63.2 Å². The average molecular weight is 353 g/mol. The molecule has 5 heteroatoms. The molecule has 0 aliphatic heterocycles. The molecule has 0 unspecified atom stereocenters. The molecular formula is C20H19NO3S. The summed E-state index contributed by atoms with van der Waals surface area (Å²) >= 11 is 0. The SMILES string of the molecule is Cc1cc(C)cc(NC(=O)CS(=O)(=O)c2ccc3ccccc3c2)c1. The van der Waals surface area contributed by atoms with Gasteiger partial charge in [0.2, 0.25) is 5.91 Å². The van der Waals surface area contributed by atoms with Crippen LogP contribution < -0.4 is 5.32 Å². The number of aryl methyl sites for hydroxylation is 2. The van der Waals surface area contributed by atoms with Crippen LogP contribution in [0.2, 0.25) is 0 Å². The van der Waals surface area contributed by atoms with E-state index in [1.54, 1.807) is 18.2 Å². The maximum atomic E-state index is 12.5. The van der Waals surface area contributed by atoms with Gasteiger partial charge >= 0.3 is 0 Å². The quantitative estimate of drug-likeness (QED) is 0.774. The molecule has 0 saturated heterocycles. The van der Waals surface area contributed by atoms with Crippen molar-refractivity contribution in [1.82, 2.24) is 0 Å². The van der Waals surface area contributed by atoms with Crippen LogP contribution in [0.15, 0.2) is 65.6 Å². The minimum absolute atomic E-state index is 0.154. The molecule has 1 N–H and O–H groups in total. The van der Waals surface area contributed by atoms with Crippen molar-refractivity contribution in [3.8, 4) is 0 Å². The molecule has 0 aromatic heterocycles. The number of amides is 1. The molecule has 0 atom stereocenters. The fourth-order valence-electron chi connectivity index (χ4n) is 2.86. The molecule has 128 valence electrons. The lowest BCUT2D eigenvalue weighted by atomic mass is 10.1. The number of sulfone groups is 1. The van der Waals surface area contributed by atoms with Crippen LogP contribution >= 0.6 is 0 Å². The minimum Gasteiger partial charge on any atom is -0.325 e. The van der Waals surface area contributed by atoms with Gasteiger partial charge in [0.15, 0.2) is 9.84 Å². The van der Waals surface area contributed by atoms with Gasteiger partial charge < -0.3 is 5.32 Å². The Morgan fingerprint density at radius 1 is 0.880 bits per heavy atom. The number of hydrogen-bond acceptors (Lipinski definition) is 3. The van der Waals surface area contributed by atoms with E-state index in [0.717, 1.165) is 21.9 Å². The normalized spacial score (nSPS) is 11.4. The molecular weight excluding hydrogens is 334 g/mol. The summed E-state index contributed by atoms with van der Waals surface area (Å²) in [5, 5.41) is 4.46. The van der Waals surface area contributed by atoms with Crippen LogP contribution in [-0.2, 0) is 14.6 Å². The summed E-state index contributed by atoms with van der Waals surface area (Å²) in [6.07, 6.45) is 0. The third kappa shape index (κ3) is 4.06. The Bertz CT molecular complexity index is 1040. The van der Waals surface area contributed by atoms with E-state index in [1.165, 1.54) is 0 Å². The van der Waals surface area contributed by atoms with Gasteiger partial charge in [-0.25, -0.2) is 8.42 Å². The van der Waals surface area contributed by atoms with Crippen molar-refractivity contribution < 1.29 is 13.2 Å². The van der Waals surface area contributed by atoms with E-state index >= 15 is 0 Å². The van der Waals surface area contributed by atoms with Crippen LogP contribution in [0, 0.1) is 13.8 Å². The number of fused-ring (bicyclic) bond motifs is 1.